The van der Waals surface area contributed by atoms with Crippen LogP contribution in [0.4, 0.5) is 5.69 Å². The number of pyridine rings is 1. The minimum absolute atomic E-state index is 0.0842. The van der Waals surface area contributed by atoms with E-state index < -0.39 is 24.0 Å². The predicted molar refractivity (Wildman–Crippen MR) is 110 cm³/mol. The smallest absolute Gasteiger partial charge is 0.339 e. The number of para-hydroxylation sites is 1. The molecule has 1 heterocycles. The second-order valence-electron chi connectivity index (χ2n) is 7.05. The van der Waals surface area contributed by atoms with Crippen LogP contribution >= 0.6 is 0 Å². The Balaban J connectivity index is 1.39. The maximum Gasteiger partial charge on any atom is 0.339 e. The largest absolute Gasteiger partial charge is 0.452 e. The van der Waals surface area contributed by atoms with E-state index in [-0.39, 0.29) is 17.5 Å². The summed E-state index contributed by atoms with van der Waals surface area (Å²) in [4.78, 5) is 51.1. The van der Waals surface area contributed by atoms with E-state index in [1.54, 1.807) is 48.5 Å². The molecule has 0 bridgehead atoms. The van der Waals surface area contributed by atoms with Gasteiger partial charge in [-0.05, 0) is 37.1 Å². The zero-order valence-corrected chi connectivity index (χ0v) is 15.9. The Kier molecular flexibility index (Phi) is 5.30. The van der Waals surface area contributed by atoms with Gasteiger partial charge in [0.05, 0.1) is 5.56 Å². The number of rotatable bonds is 6. The standard InChI is InChI=1S/C22H19N3O5/c26-19-11-17(16-6-1-2-7-18(16)25-19)22(29)30-12-20(27)23-15-5-3-4-13(10-15)21(28)24-14-8-9-14/h1-7,10-11,14H,8-9,12H2,(H,23,27)(H,24,28)(H,25,26). The molecule has 1 saturated carbocycles. The molecule has 0 saturated heterocycles. The molecule has 30 heavy (non-hydrogen) atoms. The van der Waals surface area contributed by atoms with Crippen LogP contribution in [-0.2, 0) is 9.53 Å². The molecule has 1 aliphatic carbocycles. The van der Waals surface area contributed by atoms with Crippen molar-refractivity contribution >= 4 is 34.4 Å². The minimum atomic E-state index is -0.773. The number of fused-ring (bicyclic) bond motifs is 1. The zero-order chi connectivity index (χ0) is 21.1. The van der Waals surface area contributed by atoms with Gasteiger partial charge in [0.2, 0.25) is 5.56 Å². The van der Waals surface area contributed by atoms with Crippen LogP contribution < -0.4 is 16.2 Å². The van der Waals surface area contributed by atoms with Crippen molar-refractivity contribution in [2.24, 2.45) is 0 Å². The third-order valence-corrected chi connectivity index (χ3v) is 4.63. The molecule has 0 unspecified atom stereocenters. The van der Waals surface area contributed by atoms with Gasteiger partial charge in [-0.2, -0.15) is 0 Å². The molecule has 0 radical (unpaired) electrons. The van der Waals surface area contributed by atoms with E-state index in [1.807, 2.05) is 0 Å². The van der Waals surface area contributed by atoms with Crippen LogP contribution in [0.1, 0.15) is 33.6 Å². The van der Waals surface area contributed by atoms with Crippen molar-refractivity contribution in [2.45, 2.75) is 18.9 Å². The predicted octanol–water partition coefficient (Wildman–Crippen LogP) is 2.22. The molecular weight excluding hydrogens is 386 g/mol. The number of anilines is 1. The minimum Gasteiger partial charge on any atom is -0.452 e. The first-order chi connectivity index (χ1) is 14.5. The number of carbonyl (C=O) groups is 3. The maximum atomic E-state index is 12.4. The molecule has 1 fully saturated rings. The molecule has 8 heteroatoms. The quantitative estimate of drug-likeness (QED) is 0.544. The van der Waals surface area contributed by atoms with E-state index in [0.29, 0.717) is 22.2 Å². The summed E-state index contributed by atoms with van der Waals surface area (Å²) in [6.45, 7) is -0.529. The van der Waals surface area contributed by atoms with E-state index in [2.05, 4.69) is 15.6 Å². The topological polar surface area (TPSA) is 117 Å². The molecule has 0 aliphatic heterocycles. The lowest BCUT2D eigenvalue weighted by Crippen LogP contribution is -2.25. The average molecular weight is 405 g/mol. The highest BCUT2D eigenvalue weighted by atomic mass is 16.5. The van der Waals surface area contributed by atoms with Crippen LogP contribution in [0.25, 0.3) is 10.9 Å². The van der Waals surface area contributed by atoms with Gasteiger partial charge in [0.25, 0.3) is 11.8 Å². The van der Waals surface area contributed by atoms with Crippen molar-refractivity contribution in [1.29, 1.82) is 0 Å². The molecule has 2 aromatic carbocycles. The fourth-order valence-electron chi connectivity index (χ4n) is 3.01. The summed E-state index contributed by atoms with van der Waals surface area (Å²) in [7, 11) is 0. The van der Waals surface area contributed by atoms with Crippen molar-refractivity contribution in [3.63, 3.8) is 0 Å². The van der Waals surface area contributed by atoms with Crippen LogP contribution in [-0.4, -0.2) is 35.4 Å². The van der Waals surface area contributed by atoms with E-state index in [4.69, 9.17) is 4.74 Å². The number of aromatic nitrogens is 1. The van der Waals surface area contributed by atoms with Gasteiger partial charge in [-0.25, -0.2) is 4.79 Å². The second-order valence-corrected chi connectivity index (χ2v) is 7.05. The van der Waals surface area contributed by atoms with Crippen molar-refractivity contribution in [2.75, 3.05) is 11.9 Å². The van der Waals surface area contributed by atoms with Crippen LogP contribution in [0.5, 0.6) is 0 Å². The Morgan fingerprint density at radius 3 is 2.63 bits per heavy atom. The van der Waals surface area contributed by atoms with Crippen LogP contribution in [0, 0.1) is 0 Å². The Morgan fingerprint density at radius 2 is 1.83 bits per heavy atom. The summed E-state index contributed by atoms with van der Waals surface area (Å²) in [5.41, 5.74) is 1.00. The number of ether oxygens (including phenoxy) is 1. The third-order valence-electron chi connectivity index (χ3n) is 4.63. The van der Waals surface area contributed by atoms with Gasteiger partial charge in [0.15, 0.2) is 6.61 Å². The average Bonchev–Trinajstić information content (AvgIpc) is 3.55. The molecule has 152 valence electrons. The lowest BCUT2D eigenvalue weighted by molar-refractivity contribution is -0.119. The maximum absolute atomic E-state index is 12.4. The zero-order valence-electron chi connectivity index (χ0n) is 15.9. The van der Waals surface area contributed by atoms with E-state index in [0.717, 1.165) is 18.9 Å². The Bertz CT molecular complexity index is 1200. The van der Waals surface area contributed by atoms with Gasteiger partial charge < -0.3 is 20.4 Å². The SMILES string of the molecule is O=C(COC(=O)c1cc(=O)[nH]c2ccccc12)Nc1cccc(C(=O)NC2CC2)c1. The summed E-state index contributed by atoms with van der Waals surface area (Å²) < 4.78 is 5.08. The highest BCUT2D eigenvalue weighted by Crippen LogP contribution is 2.20. The number of aromatic amines is 1. The summed E-state index contributed by atoms with van der Waals surface area (Å²) >= 11 is 0. The number of carbonyl (C=O) groups excluding carboxylic acids is 3. The van der Waals surface area contributed by atoms with Gasteiger partial charge in [0.1, 0.15) is 0 Å². The van der Waals surface area contributed by atoms with Gasteiger partial charge in [-0.3, -0.25) is 14.4 Å². The number of hydrogen-bond acceptors (Lipinski definition) is 5. The van der Waals surface area contributed by atoms with Gasteiger partial charge in [-0.1, -0.05) is 24.3 Å². The number of amides is 2. The monoisotopic (exact) mass is 405 g/mol. The van der Waals surface area contributed by atoms with Crippen molar-refractivity contribution in [3.05, 3.63) is 76.1 Å². The number of benzene rings is 2. The van der Waals surface area contributed by atoms with E-state index in [1.165, 1.54) is 0 Å². The van der Waals surface area contributed by atoms with E-state index >= 15 is 0 Å². The Labute approximate surface area is 171 Å². The molecule has 0 atom stereocenters. The van der Waals surface area contributed by atoms with Crippen molar-refractivity contribution in [1.82, 2.24) is 10.3 Å². The highest BCUT2D eigenvalue weighted by molar-refractivity contribution is 6.04. The number of esters is 1. The third kappa shape index (κ3) is 4.54. The normalized spacial score (nSPS) is 12.9. The molecular formula is C22H19N3O5. The number of H-pyrrole nitrogens is 1. The lowest BCUT2D eigenvalue weighted by atomic mass is 10.1. The fraction of sp³-hybridized carbons (Fsp3) is 0.182. The Hall–Kier alpha value is -3.94. The van der Waals surface area contributed by atoms with Crippen LogP contribution in [0.3, 0.4) is 0 Å². The Morgan fingerprint density at radius 1 is 1.03 bits per heavy atom. The number of nitrogens with one attached hydrogen (secondary N) is 3. The molecule has 1 aromatic heterocycles. The van der Waals surface area contributed by atoms with Gasteiger partial charge in [-0.15, -0.1) is 0 Å². The summed E-state index contributed by atoms with van der Waals surface area (Å²) in [5.74, 6) is -1.52. The molecule has 1 aliphatic rings. The lowest BCUT2D eigenvalue weighted by Gasteiger charge is -2.09. The summed E-state index contributed by atoms with van der Waals surface area (Å²) in [6.07, 6.45) is 1.96. The molecule has 2 amide bonds. The van der Waals surface area contributed by atoms with Gasteiger partial charge >= 0.3 is 5.97 Å². The first-order valence-electron chi connectivity index (χ1n) is 9.49. The van der Waals surface area contributed by atoms with Crippen LogP contribution in [0.15, 0.2) is 59.4 Å². The highest BCUT2D eigenvalue weighted by Gasteiger charge is 2.24. The summed E-state index contributed by atoms with van der Waals surface area (Å²) in [6, 6.07) is 14.7. The number of hydrogen-bond donors (Lipinski definition) is 3. The van der Waals surface area contributed by atoms with Gasteiger partial charge in [0, 0.05) is 34.3 Å². The molecule has 0 spiro atoms. The first kappa shape index (κ1) is 19.4. The second kappa shape index (κ2) is 8.20. The fourth-order valence-corrected chi connectivity index (χ4v) is 3.01. The van der Waals surface area contributed by atoms with Crippen molar-refractivity contribution in [3.8, 4) is 0 Å². The molecule has 8 nitrogen and oxygen atoms in total. The first-order valence-corrected chi connectivity index (χ1v) is 9.49. The molecule has 4 rings (SSSR count). The summed E-state index contributed by atoms with van der Waals surface area (Å²) in [5, 5.41) is 6.00. The van der Waals surface area contributed by atoms with Crippen LogP contribution in [0.2, 0.25) is 0 Å². The van der Waals surface area contributed by atoms with Crippen molar-refractivity contribution < 1.29 is 19.1 Å². The van der Waals surface area contributed by atoms with E-state index in [9.17, 15) is 19.2 Å². The molecule has 3 aromatic rings. The molecule has 3 N–H and O–H groups in total.